The van der Waals surface area contributed by atoms with E-state index in [0.29, 0.717) is 17.4 Å². The Bertz CT molecular complexity index is 807. The number of aliphatic hydroxyl groups excluding tert-OH is 1. The SMILES string of the molecule is CC(C)(O)C(O)COc1ccc(-c2cnc(-c3cccnc3)o2)cc1. The van der Waals surface area contributed by atoms with Gasteiger partial charge in [0.05, 0.1) is 17.4 Å². The molecule has 0 saturated heterocycles. The zero-order valence-corrected chi connectivity index (χ0v) is 14.1. The lowest BCUT2D eigenvalue weighted by atomic mass is 10.0. The van der Waals surface area contributed by atoms with E-state index in [1.54, 1.807) is 30.7 Å². The van der Waals surface area contributed by atoms with Gasteiger partial charge in [-0.15, -0.1) is 0 Å². The van der Waals surface area contributed by atoms with E-state index >= 15 is 0 Å². The van der Waals surface area contributed by atoms with Gasteiger partial charge in [0.1, 0.15) is 18.5 Å². The highest BCUT2D eigenvalue weighted by Crippen LogP contribution is 2.27. The van der Waals surface area contributed by atoms with Crippen LogP contribution in [0.4, 0.5) is 0 Å². The van der Waals surface area contributed by atoms with E-state index in [1.165, 1.54) is 13.8 Å². The molecule has 3 rings (SSSR count). The molecule has 2 N–H and O–H groups in total. The zero-order valence-electron chi connectivity index (χ0n) is 14.1. The van der Waals surface area contributed by atoms with Crippen LogP contribution in [0.25, 0.3) is 22.8 Å². The van der Waals surface area contributed by atoms with E-state index in [2.05, 4.69) is 9.97 Å². The van der Waals surface area contributed by atoms with Crippen LogP contribution in [0.15, 0.2) is 59.4 Å². The quantitative estimate of drug-likeness (QED) is 0.717. The van der Waals surface area contributed by atoms with Crippen LogP contribution in [0.1, 0.15) is 13.8 Å². The van der Waals surface area contributed by atoms with Gasteiger partial charge in [0, 0.05) is 18.0 Å². The van der Waals surface area contributed by atoms with E-state index in [4.69, 9.17) is 9.15 Å². The molecule has 25 heavy (non-hydrogen) atoms. The van der Waals surface area contributed by atoms with Gasteiger partial charge < -0.3 is 19.4 Å². The maximum Gasteiger partial charge on any atom is 0.228 e. The summed E-state index contributed by atoms with van der Waals surface area (Å²) in [6, 6.07) is 11.0. The third-order valence-electron chi connectivity index (χ3n) is 3.78. The van der Waals surface area contributed by atoms with Gasteiger partial charge in [-0.3, -0.25) is 4.98 Å². The molecule has 0 amide bonds. The summed E-state index contributed by atoms with van der Waals surface area (Å²) in [4.78, 5) is 8.32. The molecule has 130 valence electrons. The molecule has 1 atom stereocenters. The number of aliphatic hydroxyl groups is 2. The summed E-state index contributed by atoms with van der Waals surface area (Å²) < 4.78 is 11.3. The molecule has 0 aliphatic rings. The molecule has 0 fully saturated rings. The Morgan fingerprint density at radius 3 is 2.52 bits per heavy atom. The van der Waals surface area contributed by atoms with E-state index in [1.807, 2.05) is 24.3 Å². The number of oxazole rings is 1. The first-order valence-electron chi connectivity index (χ1n) is 7.93. The molecule has 6 heteroatoms. The fourth-order valence-electron chi connectivity index (χ4n) is 2.12. The van der Waals surface area contributed by atoms with Crippen LogP contribution in [0.3, 0.4) is 0 Å². The van der Waals surface area contributed by atoms with E-state index in [9.17, 15) is 10.2 Å². The largest absolute Gasteiger partial charge is 0.491 e. The van der Waals surface area contributed by atoms with E-state index in [0.717, 1.165) is 11.1 Å². The molecule has 0 spiro atoms. The average molecular weight is 340 g/mol. The van der Waals surface area contributed by atoms with Crippen molar-refractivity contribution in [3.05, 3.63) is 55.0 Å². The number of hydrogen-bond acceptors (Lipinski definition) is 6. The highest BCUT2D eigenvalue weighted by molar-refractivity contribution is 5.61. The van der Waals surface area contributed by atoms with Crippen molar-refractivity contribution >= 4 is 0 Å². The molecule has 1 aromatic carbocycles. The predicted molar refractivity (Wildman–Crippen MR) is 93.0 cm³/mol. The molecule has 2 heterocycles. The smallest absolute Gasteiger partial charge is 0.228 e. The summed E-state index contributed by atoms with van der Waals surface area (Å²) in [7, 11) is 0. The Labute approximate surface area is 145 Å². The molecule has 6 nitrogen and oxygen atoms in total. The summed E-state index contributed by atoms with van der Waals surface area (Å²) in [5.74, 6) is 1.75. The topological polar surface area (TPSA) is 88.6 Å². The first-order valence-corrected chi connectivity index (χ1v) is 7.93. The van der Waals surface area contributed by atoms with Crippen LogP contribution < -0.4 is 4.74 Å². The molecule has 0 bridgehead atoms. The van der Waals surface area contributed by atoms with Gasteiger partial charge in [0.2, 0.25) is 5.89 Å². The van der Waals surface area contributed by atoms with Crippen molar-refractivity contribution in [2.75, 3.05) is 6.61 Å². The monoisotopic (exact) mass is 340 g/mol. The number of aromatic nitrogens is 2. The molecule has 0 saturated carbocycles. The zero-order chi connectivity index (χ0) is 17.9. The molecule has 0 aliphatic carbocycles. The average Bonchev–Trinajstić information content (AvgIpc) is 3.10. The Morgan fingerprint density at radius 1 is 1.12 bits per heavy atom. The second kappa shape index (κ2) is 7.04. The first kappa shape index (κ1) is 17.1. The third kappa shape index (κ3) is 4.23. The standard InChI is InChI=1S/C19H20N2O4/c1-19(2,23)17(22)12-24-15-7-5-13(6-8-15)16-11-21-18(25-16)14-4-3-9-20-10-14/h3-11,17,22-23H,12H2,1-2H3. The van der Waals surface area contributed by atoms with Crippen LogP contribution in [0, 0.1) is 0 Å². The summed E-state index contributed by atoms with van der Waals surface area (Å²) in [6.45, 7) is 3.08. The van der Waals surface area contributed by atoms with Crippen LogP contribution >= 0.6 is 0 Å². The van der Waals surface area contributed by atoms with Crippen LogP contribution in [-0.2, 0) is 0 Å². The minimum atomic E-state index is -1.21. The molecular formula is C19H20N2O4. The number of hydrogen-bond donors (Lipinski definition) is 2. The Morgan fingerprint density at radius 2 is 1.88 bits per heavy atom. The van der Waals surface area contributed by atoms with Gasteiger partial charge in [0.25, 0.3) is 0 Å². The van der Waals surface area contributed by atoms with Crippen molar-refractivity contribution < 1.29 is 19.4 Å². The number of pyridine rings is 1. The highest BCUT2D eigenvalue weighted by atomic mass is 16.5. The number of ether oxygens (including phenoxy) is 1. The lowest BCUT2D eigenvalue weighted by molar-refractivity contribution is -0.0661. The highest BCUT2D eigenvalue weighted by Gasteiger charge is 2.24. The van der Waals surface area contributed by atoms with Crippen molar-refractivity contribution in [1.82, 2.24) is 9.97 Å². The minimum Gasteiger partial charge on any atom is -0.491 e. The van der Waals surface area contributed by atoms with Gasteiger partial charge >= 0.3 is 0 Å². The normalized spacial score (nSPS) is 12.8. The fourth-order valence-corrected chi connectivity index (χ4v) is 2.12. The Balaban J connectivity index is 1.68. The maximum absolute atomic E-state index is 9.79. The summed E-state index contributed by atoms with van der Waals surface area (Å²) in [5, 5.41) is 19.5. The van der Waals surface area contributed by atoms with E-state index < -0.39 is 11.7 Å². The Hall–Kier alpha value is -2.70. The van der Waals surface area contributed by atoms with Crippen LogP contribution in [0.5, 0.6) is 5.75 Å². The van der Waals surface area contributed by atoms with Gasteiger partial charge in [0.15, 0.2) is 5.76 Å². The summed E-state index contributed by atoms with van der Waals surface area (Å²) >= 11 is 0. The van der Waals surface area contributed by atoms with Crippen LogP contribution in [-0.4, -0.2) is 38.5 Å². The molecular weight excluding hydrogens is 320 g/mol. The van der Waals surface area contributed by atoms with Gasteiger partial charge in [-0.25, -0.2) is 4.98 Å². The molecule has 0 aliphatic heterocycles. The van der Waals surface area contributed by atoms with Gasteiger partial charge in [-0.1, -0.05) is 0 Å². The Kier molecular flexibility index (Phi) is 4.83. The van der Waals surface area contributed by atoms with E-state index in [-0.39, 0.29) is 6.61 Å². The molecule has 0 radical (unpaired) electrons. The predicted octanol–water partition coefficient (Wildman–Crippen LogP) is 2.91. The van der Waals surface area contributed by atoms with Crippen molar-refractivity contribution in [3.8, 4) is 28.5 Å². The maximum atomic E-state index is 9.79. The van der Waals surface area contributed by atoms with Crippen LogP contribution in [0.2, 0.25) is 0 Å². The number of nitrogens with zero attached hydrogens (tertiary/aromatic N) is 2. The fraction of sp³-hybridized carbons (Fsp3) is 0.263. The molecule has 1 unspecified atom stereocenters. The minimum absolute atomic E-state index is 0.0102. The van der Waals surface area contributed by atoms with Gasteiger partial charge in [-0.2, -0.15) is 0 Å². The second-order valence-electron chi connectivity index (χ2n) is 6.28. The summed E-state index contributed by atoms with van der Waals surface area (Å²) in [5.41, 5.74) is 0.468. The first-order chi connectivity index (χ1) is 11.9. The lowest BCUT2D eigenvalue weighted by Gasteiger charge is -2.24. The summed E-state index contributed by atoms with van der Waals surface area (Å²) in [6.07, 6.45) is 4.08. The van der Waals surface area contributed by atoms with Crippen molar-refractivity contribution in [2.24, 2.45) is 0 Å². The molecule has 3 aromatic rings. The second-order valence-corrected chi connectivity index (χ2v) is 6.28. The third-order valence-corrected chi connectivity index (χ3v) is 3.78. The number of rotatable bonds is 6. The van der Waals surface area contributed by atoms with Gasteiger partial charge in [-0.05, 0) is 50.2 Å². The van der Waals surface area contributed by atoms with Crippen molar-refractivity contribution in [2.45, 2.75) is 25.6 Å². The lowest BCUT2D eigenvalue weighted by Crippen LogP contribution is -2.40. The molecule has 2 aromatic heterocycles. The number of benzene rings is 1. The van der Waals surface area contributed by atoms with Crippen molar-refractivity contribution in [3.63, 3.8) is 0 Å². The van der Waals surface area contributed by atoms with Crippen molar-refractivity contribution in [1.29, 1.82) is 0 Å².